The molecule has 0 unspecified atom stereocenters. The Bertz CT molecular complexity index is 849. The summed E-state index contributed by atoms with van der Waals surface area (Å²) in [6.45, 7) is 22.1. The Kier molecular flexibility index (Phi) is 20.2. The summed E-state index contributed by atoms with van der Waals surface area (Å²) in [4.78, 5) is 0. The molecular formula is C34H40CrP2. The average molecular weight is 563 g/mol. The van der Waals surface area contributed by atoms with Crippen LogP contribution in [0.15, 0.2) is 121 Å². The van der Waals surface area contributed by atoms with Crippen LogP contribution in [0.3, 0.4) is 0 Å². The number of hydrogen-bond donors (Lipinski definition) is 0. The molecule has 0 fully saturated rings. The molecule has 3 heteroatoms. The Balaban J connectivity index is 0.000000535. The molecule has 0 saturated carbocycles. The van der Waals surface area contributed by atoms with Crippen molar-refractivity contribution in [3.05, 3.63) is 161 Å². The Labute approximate surface area is 241 Å². The maximum absolute atomic E-state index is 3.44. The van der Waals surface area contributed by atoms with Crippen molar-refractivity contribution in [2.75, 3.05) is 13.3 Å². The molecule has 0 aromatic heterocycles. The summed E-state index contributed by atoms with van der Waals surface area (Å²) in [5, 5.41) is 5.75. The molecule has 0 spiro atoms. The average Bonchev–Trinajstić information content (AvgIpc) is 2.89. The summed E-state index contributed by atoms with van der Waals surface area (Å²) in [6.07, 6.45) is 0. The number of hydrogen-bond acceptors (Lipinski definition) is 0. The zero-order chi connectivity index (χ0) is 26.8. The van der Waals surface area contributed by atoms with Gasteiger partial charge in [0.05, 0.1) is 0 Å². The molecule has 4 rings (SSSR count). The monoisotopic (exact) mass is 562 g/mol. The number of rotatable bonds is 4. The standard InChI is InChI=1S/2C13H13P.2C4H7.Cr/c2*1-14(12-8-4-2-5-9-12)13-10-6-3-7-11-13;2*1-4(2)3;/h2*2-11H,1H3;2*1-2H2,3H3;. The first-order valence-electron chi connectivity index (χ1n) is 11.8. The second-order valence-electron chi connectivity index (χ2n) is 8.37. The number of benzene rings is 4. The van der Waals surface area contributed by atoms with Gasteiger partial charge in [0, 0.05) is 17.4 Å². The van der Waals surface area contributed by atoms with E-state index in [-0.39, 0.29) is 33.2 Å². The van der Waals surface area contributed by atoms with Gasteiger partial charge in [-0.05, 0) is 89.9 Å². The van der Waals surface area contributed by atoms with Crippen LogP contribution in [-0.4, -0.2) is 13.3 Å². The van der Waals surface area contributed by atoms with Crippen LogP contribution in [0.5, 0.6) is 0 Å². The van der Waals surface area contributed by atoms with Gasteiger partial charge in [-0.3, -0.25) is 0 Å². The molecule has 37 heavy (non-hydrogen) atoms. The second kappa shape index (κ2) is 21.2. The third-order valence-electron chi connectivity index (χ3n) is 4.57. The van der Waals surface area contributed by atoms with Crippen molar-refractivity contribution in [2.45, 2.75) is 13.8 Å². The molecule has 0 nitrogen and oxygen atoms in total. The van der Waals surface area contributed by atoms with E-state index in [1.54, 1.807) is 0 Å². The van der Waals surface area contributed by atoms with Crippen LogP contribution in [-0.2, 0) is 17.4 Å². The minimum atomic E-state index is -0.171. The van der Waals surface area contributed by atoms with Crippen molar-refractivity contribution in [3.63, 3.8) is 0 Å². The van der Waals surface area contributed by atoms with E-state index in [1.165, 1.54) is 21.2 Å². The molecular weight excluding hydrogens is 522 g/mol. The molecule has 0 N–H and O–H groups in total. The fourth-order valence-corrected chi connectivity index (χ4v) is 5.98. The van der Waals surface area contributed by atoms with E-state index >= 15 is 0 Å². The van der Waals surface area contributed by atoms with Crippen molar-refractivity contribution in [1.82, 2.24) is 0 Å². The van der Waals surface area contributed by atoms with E-state index in [9.17, 15) is 0 Å². The van der Waals surface area contributed by atoms with Crippen molar-refractivity contribution in [2.24, 2.45) is 0 Å². The van der Waals surface area contributed by atoms with Crippen molar-refractivity contribution in [3.8, 4) is 0 Å². The third-order valence-corrected chi connectivity index (χ3v) is 8.86. The van der Waals surface area contributed by atoms with Crippen LogP contribution in [0.1, 0.15) is 13.8 Å². The third kappa shape index (κ3) is 16.7. The molecule has 192 valence electrons. The maximum atomic E-state index is 3.44. The Morgan fingerprint density at radius 3 is 0.676 bits per heavy atom. The minimum Gasteiger partial charge on any atom is -0.0622 e. The maximum Gasteiger partial charge on any atom is 0 e. The van der Waals surface area contributed by atoms with Crippen LogP contribution in [0, 0.1) is 39.5 Å². The summed E-state index contributed by atoms with van der Waals surface area (Å²) in [7, 11) is -0.342. The Morgan fingerprint density at radius 2 is 0.541 bits per heavy atom. The van der Waals surface area contributed by atoms with Gasteiger partial charge in [-0.1, -0.05) is 135 Å². The van der Waals surface area contributed by atoms with Crippen molar-refractivity contribution in [1.29, 1.82) is 0 Å². The molecule has 0 aliphatic heterocycles. The molecule has 4 aromatic carbocycles. The molecule has 0 atom stereocenters. The first-order chi connectivity index (χ1) is 17.2. The molecule has 0 bridgehead atoms. The largest absolute Gasteiger partial charge is 0.0622 e. The fraction of sp³-hybridized carbons (Fsp3) is 0.118. The van der Waals surface area contributed by atoms with E-state index in [1.807, 2.05) is 13.8 Å². The van der Waals surface area contributed by atoms with Gasteiger partial charge in [0.1, 0.15) is 0 Å². The summed E-state index contributed by atoms with van der Waals surface area (Å²) in [5.74, 6) is 1.83. The van der Waals surface area contributed by atoms with Gasteiger partial charge in [0.2, 0.25) is 0 Å². The Hall–Kier alpha value is -1.73. The van der Waals surface area contributed by atoms with Crippen molar-refractivity contribution >= 4 is 37.1 Å². The predicted molar refractivity (Wildman–Crippen MR) is 169 cm³/mol. The summed E-state index contributed by atoms with van der Waals surface area (Å²) >= 11 is 0. The van der Waals surface area contributed by atoms with Gasteiger partial charge in [-0.2, -0.15) is 0 Å². The quantitative estimate of drug-likeness (QED) is 0.221. The van der Waals surface area contributed by atoms with Gasteiger partial charge in [-0.15, -0.1) is 0 Å². The first kappa shape index (κ1) is 35.3. The van der Waals surface area contributed by atoms with E-state index in [2.05, 4.69) is 162 Å². The van der Waals surface area contributed by atoms with Crippen LogP contribution in [0.4, 0.5) is 0 Å². The van der Waals surface area contributed by atoms with Gasteiger partial charge < -0.3 is 0 Å². The normalized spacial score (nSPS) is 9.84. The van der Waals surface area contributed by atoms with Gasteiger partial charge in [0.25, 0.3) is 0 Å². The zero-order valence-electron chi connectivity index (χ0n) is 22.7. The van der Waals surface area contributed by atoms with E-state index in [0.717, 1.165) is 11.8 Å². The SMILES string of the molecule is CP(c1ccccc1)c1ccccc1.CP(c1ccccc1)c1ccccc1.[CH2][C]([CH2])C.[CH2][C]([CH2])C.[Cr]. The predicted octanol–water partition coefficient (Wildman–Crippen LogP) is 7.99. The topological polar surface area (TPSA) is 0 Å². The molecule has 0 aliphatic rings. The smallest absolute Gasteiger partial charge is 0 e. The molecule has 0 heterocycles. The minimum absolute atomic E-state index is 0. The summed E-state index contributed by atoms with van der Waals surface area (Å²) in [5.41, 5.74) is 0. The van der Waals surface area contributed by atoms with Gasteiger partial charge in [0.15, 0.2) is 0 Å². The van der Waals surface area contributed by atoms with Crippen LogP contribution in [0.2, 0.25) is 0 Å². The van der Waals surface area contributed by atoms with E-state index < -0.39 is 0 Å². The fourth-order valence-electron chi connectivity index (χ4n) is 2.90. The van der Waals surface area contributed by atoms with E-state index in [4.69, 9.17) is 0 Å². The van der Waals surface area contributed by atoms with Crippen LogP contribution < -0.4 is 21.2 Å². The molecule has 0 saturated heterocycles. The molecule has 6 radical (unpaired) electrons. The van der Waals surface area contributed by atoms with Crippen LogP contribution >= 0.6 is 15.8 Å². The first-order valence-corrected chi connectivity index (χ1v) is 15.4. The van der Waals surface area contributed by atoms with Crippen LogP contribution in [0.25, 0.3) is 0 Å². The Morgan fingerprint density at radius 1 is 0.405 bits per heavy atom. The molecule has 0 aliphatic carbocycles. The zero-order valence-corrected chi connectivity index (χ0v) is 25.7. The van der Waals surface area contributed by atoms with Gasteiger partial charge in [-0.25, -0.2) is 0 Å². The van der Waals surface area contributed by atoms with Gasteiger partial charge >= 0.3 is 0 Å². The summed E-state index contributed by atoms with van der Waals surface area (Å²) < 4.78 is 0. The van der Waals surface area contributed by atoms with Crippen molar-refractivity contribution < 1.29 is 17.4 Å². The summed E-state index contributed by atoms with van der Waals surface area (Å²) in [6, 6.07) is 42.8. The molecule has 0 amide bonds. The van der Waals surface area contributed by atoms with E-state index in [0.29, 0.717) is 0 Å². The second-order valence-corrected chi connectivity index (χ2v) is 12.7. The molecule has 4 aromatic rings.